The van der Waals surface area contributed by atoms with Crippen molar-refractivity contribution in [2.45, 2.75) is 4.90 Å². The van der Waals surface area contributed by atoms with Crippen LogP contribution in [0.25, 0.3) is 11.0 Å². The van der Waals surface area contributed by atoms with Crippen LogP contribution in [-0.4, -0.2) is 23.7 Å². The van der Waals surface area contributed by atoms with Crippen molar-refractivity contribution in [3.63, 3.8) is 0 Å². The molecule has 3 rings (SSSR count). The first-order chi connectivity index (χ1) is 10.1. The fourth-order valence-corrected chi connectivity index (χ4v) is 3.75. The van der Waals surface area contributed by atoms with Crippen LogP contribution in [0, 0.1) is 0 Å². The molecule has 106 valence electrons. The topological polar surface area (TPSA) is 69.0 Å². The Bertz CT molecular complexity index is 934. The van der Waals surface area contributed by atoms with Gasteiger partial charge in [0.1, 0.15) is 0 Å². The zero-order valence-electron chi connectivity index (χ0n) is 10.6. The van der Waals surface area contributed by atoms with Crippen LogP contribution in [0.5, 0.6) is 0 Å². The molecule has 0 fully saturated rings. The highest BCUT2D eigenvalue weighted by atomic mass is 35.5. The van der Waals surface area contributed by atoms with Gasteiger partial charge in [0.05, 0.1) is 15.6 Å². The summed E-state index contributed by atoms with van der Waals surface area (Å²) in [6, 6.07) is 10.8. The second-order valence-corrected chi connectivity index (χ2v) is 6.49. The molecule has 0 radical (unpaired) electrons. The van der Waals surface area contributed by atoms with Crippen LogP contribution >= 0.6 is 11.6 Å². The normalized spacial score (nSPS) is 11.7. The molecule has 0 aliphatic heterocycles. The molecule has 0 aliphatic rings. The van der Waals surface area contributed by atoms with E-state index in [0.717, 1.165) is 3.97 Å². The van der Waals surface area contributed by atoms with Crippen LogP contribution < -0.4 is 0 Å². The summed E-state index contributed by atoms with van der Waals surface area (Å²) in [7, 11) is -3.92. The van der Waals surface area contributed by atoms with Gasteiger partial charge in [0.2, 0.25) is 0 Å². The smallest absolute Gasteiger partial charge is 0.270 e. The molecule has 0 N–H and O–H groups in total. The van der Waals surface area contributed by atoms with Crippen LogP contribution in [0.2, 0.25) is 5.02 Å². The van der Waals surface area contributed by atoms with E-state index in [4.69, 9.17) is 11.6 Å². The van der Waals surface area contributed by atoms with Crippen LogP contribution in [0.4, 0.5) is 0 Å². The van der Waals surface area contributed by atoms with E-state index >= 15 is 0 Å². The van der Waals surface area contributed by atoms with Crippen LogP contribution in [0.15, 0.2) is 53.6 Å². The molecular formula is C14H9ClN2O3S. The average molecular weight is 321 g/mol. The number of benzene rings is 1. The van der Waals surface area contributed by atoms with Crippen molar-refractivity contribution in [2.75, 3.05) is 0 Å². The summed E-state index contributed by atoms with van der Waals surface area (Å²) in [4.78, 5) is 15.3. The van der Waals surface area contributed by atoms with E-state index in [-0.39, 0.29) is 16.2 Å². The fraction of sp³-hybridized carbons (Fsp3) is 0. The van der Waals surface area contributed by atoms with Gasteiger partial charge in [-0.05, 0) is 24.3 Å². The van der Waals surface area contributed by atoms with Crippen molar-refractivity contribution in [2.24, 2.45) is 0 Å². The maximum atomic E-state index is 12.7. The number of nitrogens with zero attached hydrogens (tertiary/aromatic N) is 2. The van der Waals surface area contributed by atoms with Gasteiger partial charge in [-0.2, -0.15) is 0 Å². The first kappa shape index (κ1) is 13.8. The van der Waals surface area contributed by atoms with Gasteiger partial charge in [-0.15, -0.1) is 0 Å². The van der Waals surface area contributed by atoms with E-state index in [1.54, 1.807) is 18.2 Å². The Morgan fingerprint density at radius 3 is 2.52 bits per heavy atom. The minimum atomic E-state index is -3.92. The molecule has 1 aromatic carbocycles. The number of aromatic nitrogens is 2. The Morgan fingerprint density at radius 2 is 1.86 bits per heavy atom. The summed E-state index contributed by atoms with van der Waals surface area (Å²) in [6.45, 7) is 0. The molecule has 3 aromatic rings. The summed E-state index contributed by atoms with van der Waals surface area (Å²) in [6.07, 6.45) is 1.87. The third-order valence-electron chi connectivity index (χ3n) is 3.04. The number of carbonyl (C=O) groups is 1. The molecule has 2 heterocycles. The van der Waals surface area contributed by atoms with E-state index in [1.807, 2.05) is 0 Å². The predicted octanol–water partition coefficient (Wildman–Crippen LogP) is 2.74. The zero-order valence-corrected chi connectivity index (χ0v) is 12.2. The zero-order chi connectivity index (χ0) is 15.0. The van der Waals surface area contributed by atoms with Crippen molar-refractivity contribution in [3.05, 3.63) is 59.4 Å². The lowest BCUT2D eigenvalue weighted by Gasteiger charge is -2.08. The van der Waals surface area contributed by atoms with Gasteiger partial charge in [0, 0.05) is 11.6 Å². The molecule has 21 heavy (non-hydrogen) atoms. The fourth-order valence-electron chi connectivity index (χ4n) is 2.10. The molecule has 5 nitrogen and oxygen atoms in total. The molecule has 0 bridgehead atoms. The third-order valence-corrected chi connectivity index (χ3v) is 5.10. The Labute approximate surface area is 125 Å². The summed E-state index contributed by atoms with van der Waals surface area (Å²) in [5.74, 6) is 0. The molecule has 0 aliphatic carbocycles. The highest BCUT2D eigenvalue weighted by Crippen LogP contribution is 2.28. The minimum Gasteiger partial charge on any atom is -0.296 e. The molecule has 0 atom stereocenters. The van der Waals surface area contributed by atoms with Crippen molar-refractivity contribution in [1.29, 1.82) is 0 Å². The Morgan fingerprint density at radius 1 is 1.14 bits per heavy atom. The van der Waals surface area contributed by atoms with E-state index < -0.39 is 10.0 Å². The summed E-state index contributed by atoms with van der Waals surface area (Å²) in [5.41, 5.74) is 0.114. The standard InChI is InChI=1S/C14H9ClN2O3S/c15-13-6-7-16-14-12(13)8-10(9-18)17(14)21(19,20)11-4-2-1-3-5-11/h1-9H. The second kappa shape index (κ2) is 4.98. The van der Waals surface area contributed by atoms with Gasteiger partial charge in [-0.1, -0.05) is 29.8 Å². The lowest BCUT2D eigenvalue weighted by atomic mass is 10.3. The Balaban J connectivity index is 2.40. The highest BCUT2D eigenvalue weighted by molar-refractivity contribution is 7.90. The first-order valence-corrected chi connectivity index (χ1v) is 7.79. The van der Waals surface area contributed by atoms with Gasteiger partial charge in [-0.3, -0.25) is 4.79 Å². The van der Waals surface area contributed by atoms with Crippen molar-refractivity contribution >= 4 is 38.9 Å². The highest BCUT2D eigenvalue weighted by Gasteiger charge is 2.24. The first-order valence-electron chi connectivity index (χ1n) is 5.97. The molecule has 0 amide bonds. The maximum absolute atomic E-state index is 12.7. The minimum absolute atomic E-state index is 0.0190. The summed E-state index contributed by atoms with van der Waals surface area (Å²) >= 11 is 6.03. The molecule has 7 heteroatoms. The number of halogens is 1. The third kappa shape index (κ3) is 2.12. The lowest BCUT2D eigenvalue weighted by molar-refractivity contribution is 0.111. The van der Waals surface area contributed by atoms with Crippen LogP contribution in [0.3, 0.4) is 0 Å². The van der Waals surface area contributed by atoms with Crippen molar-refractivity contribution < 1.29 is 13.2 Å². The van der Waals surface area contributed by atoms with Crippen molar-refractivity contribution in [1.82, 2.24) is 8.96 Å². The monoisotopic (exact) mass is 320 g/mol. The SMILES string of the molecule is O=Cc1cc2c(Cl)ccnc2n1S(=O)(=O)c1ccccc1. The second-order valence-electron chi connectivity index (χ2n) is 4.30. The van der Waals surface area contributed by atoms with Crippen LogP contribution in [-0.2, 0) is 10.0 Å². The Hall–Kier alpha value is -2.18. The summed E-state index contributed by atoms with van der Waals surface area (Å²) < 4.78 is 26.4. The lowest BCUT2D eigenvalue weighted by Crippen LogP contribution is -2.15. The number of pyridine rings is 1. The number of hydrogen-bond acceptors (Lipinski definition) is 4. The van der Waals surface area contributed by atoms with E-state index in [0.29, 0.717) is 16.7 Å². The molecule has 0 unspecified atom stereocenters. The van der Waals surface area contributed by atoms with E-state index in [1.165, 1.54) is 30.5 Å². The molecule has 0 saturated heterocycles. The van der Waals surface area contributed by atoms with Gasteiger partial charge in [0.15, 0.2) is 11.9 Å². The number of fused-ring (bicyclic) bond motifs is 1. The average Bonchev–Trinajstić information content (AvgIpc) is 2.89. The van der Waals surface area contributed by atoms with E-state index in [2.05, 4.69) is 4.98 Å². The number of hydrogen-bond donors (Lipinski definition) is 0. The number of carbonyl (C=O) groups excluding carboxylic acids is 1. The maximum Gasteiger partial charge on any atom is 0.270 e. The molecule has 2 aromatic heterocycles. The van der Waals surface area contributed by atoms with Crippen LogP contribution in [0.1, 0.15) is 10.5 Å². The summed E-state index contributed by atoms with van der Waals surface area (Å²) in [5, 5.41) is 0.755. The molecule has 0 saturated carbocycles. The Kier molecular flexibility index (Phi) is 3.27. The van der Waals surface area contributed by atoms with Crippen molar-refractivity contribution in [3.8, 4) is 0 Å². The van der Waals surface area contributed by atoms with Gasteiger partial charge >= 0.3 is 0 Å². The number of rotatable bonds is 3. The molecular weight excluding hydrogens is 312 g/mol. The number of aldehydes is 1. The van der Waals surface area contributed by atoms with Gasteiger partial charge in [-0.25, -0.2) is 17.4 Å². The molecule has 0 spiro atoms. The van der Waals surface area contributed by atoms with Gasteiger partial charge in [0.25, 0.3) is 10.0 Å². The quantitative estimate of drug-likeness (QED) is 0.696. The van der Waals surface area contributed by atoms with Gasteiger partial charge < -0.3 is 0 Å². The van der Waals surface area contributed by atoms with E-state index in [9.17, 15) is 13.2 Å². The predicted molar refractivity (Wildman–Crippen MR) is 79.2 cm³/mol. The largest absolute Gasteiger partial charge is 0.296 e.